The van der Waals surface area contributed by atoms with E-state index in [1.54, 1.807) is 34.1 Å². The van der Waals surface area contributed by atoms with Gasteiger partial charge >= 0.3 is 0 Å². The number of amides is 3. The highest BCUT2D eigenvalue weighted by Gasteiger charge is 2.24. The van der Waals surface area contributed by atoms with Crippen molar-refractivity contribution in [2.24, 2.45) is 5.73 Å². The maximum atomic E-state index is 12.4. The van der Waals surface area contributed by atoms with E-state index >= 15 is 0 Å². The fourth-order valence-electron chi connectivity index (χ4n) is 2.32. The van der Waals surface area contributed by atoms with E-state index in [0.29, 0.717) is 36.8 Å². The molecular weight excluding hydrogens is 355 g/mol. The summed E-state index contributed by atoms with van der Waals surface area (Å²) in [4.78, 5) is 38.7. The van der Waals surface area contributed by atoms with Gasteiger partial charge < -0.3 is 20.9 Å². The number of carbonyl (C=O) groups is 3. The molecule has 0 atom stereocenters. The van der Waals surface area contributed by atoms with Gasteiger partial charge in [-0.2, -0.15) is 0 Å². The van der Waals surface area contributed by atoms with Gasteiger partial charge in [-0.25, -0.2) is 0 Å². The third-order valence-corrected chi connectivity index (χ3v) is 3.85. The van der Waals surface area contributed by atoms with Gasteiger partial charge in [-0.3, -0.25) is 14.4 Å². The summed E-state index contributed by atoms with van der Waals surface area (Å²) in [5.41, 5.74) is 5.70. The van der Waals surface area contributed by atoms with Crippen molar-refractivity contribution in [3.8, 4) is 0 Å². The van der Waals surface area contributed by atoms with E-state index in [2.05, 4.69) is 5.32 Å². The van der Waals surface area contributed by atoms with Crippen LogP contribution in [0.5, 0.6) is 0 Å². The Morgan fingerprint density at radius 2 is 1.75 bits per heavy atom. The van der Waals surface area contributed by atoms with Gasteiger partial charge in [-0.15, -0.1) is 12.4 Å². The largest absolute Gasteiger partial charge is 0.346 e. The van der Waals surface area contributed by atoms with Gasteiger partial charge in [0.05, 0.1) is 13.1 Å². The maximum Gasteiger partial charge on any atom is 0.254 e. The lowest BCUT2D eigenvalue weighted by atomic mass is 10.2. The molecule has 1 heterocycles. The smallest absolute Gasteiger partial charge is 0.254 e. The Balaban J connectivity index is 0.00000288. The van der Waals surface area contributed by atoms with Crippen molar-refractivity contribution in [3.05, 3.63) is 34.9 Å². The monoisotopic (exact) mass is 374 g/mol. The molecule has 0 spiro atoms. The third kappa shape index (κ3) is 5.36. The number of benzene rings is 1. The molecule has 1 aliphatic heterocycles. The molecule has 1 aromatic carbocycles. The van der Waals surface area contributed by atoms with Gasteiger partial charge in [-0.05, 0) is 18.2 Å². The topological polar surface area (TPSA) is 95.7 Å². The first kappa shape index (κ1) is 20.2. The molecule has 0 saturated carbocycles. The summed E-state index contributed by atoms with van der Waals surface area (Å²) < 4.78 is 0. The predicted octanol–water partition coefficient (Wildman–Crippen LogP) is 0.121. The molecule has 1 fully saturated rings. The van der Waals surface area contributed by atoms with Crippen LogP contribution >= 0.6 is 24.0 Å². The van der Waals surface area contributed by atoms with Crippen molar-refractivity contribution in [2.45, 2.75) is 0 Å². The Morgan fingerprint density at radius 1 is 1.12 bits per heavy atom. The zero-order valence-electron chi connectivity index (χ0n) is 13.0. The molecule has 0 aliphatic carbocycles. The second kappa shape index (κ2) is 9.46. The molecule has 1 saturated heterocycles. The van der Waals surface area contributed by atoms with Gasteiger partial charge in [0.15, 0.2) is 0 Å². The third-order valence-electron chi connectivity index (χ3n) is 3.61. The molecule has 0 unspecified atom stereocenters. The van der Waals surface area contributed by atoms with Crippen LogP contribution in [0, 0.1) is 0 Å². The Kier molecular flexibility index (Phi) is 7.97. The number of nitrogens with one attached hydrogen (secondary N) is 1. The molecule has 1 aliphatic rings. The maximum absolute atomic E-state index is 12.4. The minimum atomic E-state index is -0.367. The van der Waals surface area contributed by atoms with Crippen LogP contribution in [0.15, 0.2) is 24.3 Å². The number of carbonyl (C=O) groups excluding carboxylic acids is 3. The van der Waals surface area contributed by atoms with E-state index in [0.717, 1.165) is 0 Å². The molecule has 1 aromatic rings. The van der Waals surface area contributed by atoms with Crippen LogP contribution < -0.4 is 11.1 Å². The van der Waals surface area contributed by atoms with Gasteiger partial charge in [-0.1, -0.05) is 17.7 Å². The van der Waals surface area contributed by atoms with Crippen LogP contribution in [0.25, 0.3) is 0 Å². The summed E-state index contributed by atoms with van der Waals surface area (Å²) >= 11 is 5.90. The molecule has 132 valence electrons. The summed E-state index contributed by atoms with van der Waals surface area (Å²) in [7, 11) is 0. The average Bonchev–Trinajstić information content (AvgIpc) is 2.58. The van der Waals surface area contributed by atoms with E-state index in [1.807, 2.05) is 0 Å². The fraction of sp³-hybridized carbons (Fsp3) is 0.400. The zero-order chi connectivity index (χ0) is 16.8. The minimum absolute atomic E-state index is 0. The fourth-order valence-corrected chi connectivity index (χ4v) is 2.51. The molecular formula is C15H20Cl2N4O3. The van der Waals surface area contributed by atoms with Gasteiger partial charge in [0.25, 0.3) is 5.91 Å². The number of hydrogen-bond donors (Lipinski definition) is 2. The van der Waals surface area contributed by atoms with Crippen LogP contribution in [0.1, 0.15) is 10.4 Å². The second-order valence-electron chi connectivity index (χ2n) is 5.16. The van der Waals surface area contributed by atoms with Crippen LogP contribution in [0.4, 0.5) is 0 Å². The summed E-state index contributed by atoms with van der Waals surface area (Å²) in [6.45, 7) is 1.55. The molecule has 3 amide bonds. The first-order valence-corrected chi connectivity index (χ1v) is 7.68. The number of piperazine rings is 1. The van der Waals surface area contributed by atoms with Crippen LogP contribution in [0.3, 0.4) is 0 Å². The molecule has 3 N–H and O–H groups in total. The first-order valence-electron chi connectivity index (χ1n) is 7.30. The first-order chi connectivity index (χ1) is 11.0. The van der Waals surface area contributed by atoms with Crippen LogP contribution in [0.2, 0.25) is 5.02 Å². The van der Waals surface area contributed by atoms with Crippen LogP contribution in [-0.2, 0) is 9.59 Å². The van der Waals surface area contributed by atoms with E-state index < -0.39 is 0 Å². The van der Waals surface area contributed by atoms with Gasteiger partial charge in [0.2, 0.25) is 11.8 Å². The standard InChI is InChI=1S/C15H19ClN4O3.ClH/c16-12-3-1-2-11(8-12)15(23)20-6-4-19(5-7-20)14(22)10-18-13(21)9-17;/h1-3,8H,4-7,9-10,17H2,(H,18,21);1H. The lowest BCUT2D eigenvalue weighted by molar-refractivity contribution is -0.133. The predicted molar refractivity (Wildman–Crippen MR) is 93.2 cm³/mol. The molecule has 7 nitrogen and oxygen atoms in total. The molecule has 0 radical (unpaired) electrons. The van der Waals surface area contributed by atoms with Gasteiger partial charge in [0, 0.05) is 36.8 Å². The van der Waals surface area contributed by atoms with Gasteiger partial charge in [0.1, 0.15) is 0 Å². The molecule has 0 aromatic heterocycles. The highest BCUT2D eigenvalue weighted by Crippen LogP contribution is 2.14. The number of halogens is 2. The second-order valence-corrected chi connectivity index (χ2v) is 5.60. The average molecular weight is 375 g/mol. The SMILES string of the molecule is Cl.NCC(=O)NCC(=O)N1CCN(C(=O)c2cccc(Cl)c2)CC1. The minimum Gasteiger partial charge on any atom is -0.346 e. The number of nitrogens with zero attached hydrogens (tertiary/aromatic N) is 2. The highest BCUT2D eigenvalue weighted by molar-refractivity contribution is 6.30. The van der Waals surface area contributed by atoms with E-state index in [-0.39, 0.29) is 43.2 Å². The number of nitrogens with two attached hydrogens (primary N) is 1. The summed E-state index contributed by atoms with van der Waals surface area (Å²) in [6.07, 6.45) is 0. The molecule has 0 bridgehead atoms. The normalized spacial score (nSPS) is 13.9. The van der Waals surface area contributed by atoms with Crippen molar-refractivity contribution in [3.63, 3.8) is 0 Å². The molecule has 2 rings (SSSR count). The number of hydrogen-bond acceptors (Lipinski definition) is 4. The highest BCUT2D eigenvalue weighted by atomic mass is 35.5. The van der Waals surface area contributed by atoms with Crippen LogP contribution in [-0.4, -0.2) is 66.8 Å². The summed E-state index contributed by atoms with van der Waals surface area (Å²) in [5.74, 6) is -0.647. The molecule has 24 heavy (non-hydrogen) atoms. The number of rotatable bonds is 4. The van der Waals surface area contributed by atoms with Crippen molar-refractivity contribution < 1.29 is 14.4 Å². The van der Waals surface area contributed by atoms with Crippen molar-refractivity contribution >= 4 is 41.7 Å². The zero-order valence-corrected chi connectivity index (χ0v) is 14.6. The summed E-state index contributed by atoms with van der Waals surface area (Å²) in [6, 6.07) is 6.79. The quantitative estimate of drug-likeness (QED) is 0.782. The lowest BCUT2D eigenvalue weighted by Gasteiger charge is -2.34. The molecule has 9 heteroatoms. The summed E-state index contributed by atoms with van der Waals surface area (Å²) in [5, 5.41) is 2.96. The Bertz CT molecular complexity index is 604. The van der Waals surface area contributed by atoms with E-state index in [4.69, 9.17) is 17.3 Å². The Labute approximate surface area is 151 Å². The Hall–Kier alpha value is -1.83. The van der Waals surface area contributed by atoms with Crippen molar-refractivity contribution in [1.82, 2.24) is 15.1 Å². The van der Waals surface area contributed by atoms with E-state index in [1.165, 1.54) is 0 Å². The van der Waals surface area contributed by atoms with Crippen molar-refractivity contribution in [2.75, 3.05) is 39.3 Å². The lowest BCUT2D eigenvalue weighted by Crippen LogP contribution is -2.52. The van der Waals surface area contributed by atoms with Crippen molar-refractivity contribution in [1.29, 1.82) is 0 Å². The van der Waals surface area contributed by atoms with E-state index in [9.17, 15) is 14.4 Å². The Morgan fingerprint density at radius 3 is 2.33 bits per heavy atom.